The molecular formula is C15H17Br2N3O2S. The zero-order chi connectivity index (χ0) is 16.8. The van der Waals surface area contributed by atoms with E-state index in [9.17, 15) is 4.79 Å². The minimum absolute atomic E-state index is 0.0832. The molecule has 0 spiro atoms. The first-order chi connectivity index (χ1) is 11.0. The van der Waals surface area contributed by atoms with Crippen molar-refractivity contribution in [2.24, 2.45) is 0 Å². The van der Waals surface area contributed by atoms with Crippen LogP contribution in [-0.4, -0.2) is 22.7 Å². The van der Waals surface area contributed by atoms with Crippen molar-refractivity contribution in [3.05, 3.63) is 32.2 Å². The second-order valence-electron chi connectivity index (χ2n) is 4.87. The van der Waals surface area contributed by atoms with Gasteiger partial charge in [-0.2, -0.15) is 0 Å². The summed E-state index contributed by atoms with van der Waals surface area (Å²) in [4.78, 5) is 12.0. The van der Waals surface area contributed by atoms with Crippen LogP contribution in [-0.2, 0) is 4.79 Å². The molecule has 23 heavy (non-hydrogen) atoms. The van der Waals surface area contributed by atoms with Crippen LogP contribution >= 0.6 is 43.2 Å². The van der Waals surface area contributed by atoms with Gasteiger partial charge in [-0.1, -0.05) is 41.1 Å². The van der Waals surface area contributed by atoms with Crippen LogP contribution in [0, 0.1) is 0 Å². The third-order valence-corrected chi connectivity index (χ3v) is 5.39. The van der Waals surface area contributed by atoms with Crippen molar-refractivity contribution in [2.75, 3.05) is 11.9 Å². The van der Waals surface area contributed by atoms with Gasteiger partial charge in [0.1, 0.15) is 10.8 Å². The number of rotatable bonds is 7. The molecule has 0 atom stereocenters. The summed E-state index contributed by atoms with van der Waals surface area (Å²) in [5.41, 5.74) is 0. The Hall–Kier alpha value is -0.990. The van der Waals surface area contributed by atoms with Gasteiger partial charge in [0.25, 0.3) is 5.91 Å². The number of amides is 1. The standard InChI is InChI=1S/C15H17Br2N3O2S/c1-3-9(4-2)14-19-20-15(23-14)18-13(21)8-22-12-6-5-10(16)7-11(12)17/h5-7,9H,3-4,8H2,1-2H3,(H,18,20,21). The molecule has 0 fully saturated rings. The number of aromatic nitrogens is 2. The molecule has 1 aromatic heterocycles. The smallest absolute Gasteiger partial charge is 0.264 e. The van der Waals surface area contributed by atoms with Crippen LogP contribution in [0.1, 0.15) is 37.6 Å². The summed E-state index contributed by atoms with van der Waals surface area (Å²) in [6.45, 7) is 4.16. The van der Waals surface area contributed by atoms with E-state index < -0.39 is 0 Å². The number of hydrogen-bond acceptors (Lipinski definition) is 5. The number of halogens is 2. The summed E-state index contributed by atoms with van der Waals surface area (Å²) in [6.07, 6.45) is 2.03. The van der Waals surface area contributed by atoms with E-state index in [2.05, 4.69) is 61.2 Å². The molecule has 124 valence electrons. The number of carbonyl (C=O) groups excluding carboxylic acids is 1. The first kappa shape index (κ1) is 18.4. The average Bonchev–Trinajstić information content (AvgIpc) is 2.96. The van der Waals surface area contributed by atoms with E-state index in [0.717, 1.165) is 26.8 Å². The van der Waals surface area contributed by atoms with Crippen molar-refractivity contribution in [1.82, 2.24) is 10.2 Å². The zero-order valence-corrected chi connectivity index (χ0v) is 16.8. The number of ether oxygens (including phenoxy) is 1. The maximum absolute atomic E-state index is 12.0. The fourth-order valence-electron chi connectivity index (χ4n) is 1.98. The second kappa shape index (κ2) is 8.75. The third-order valence-electron chi connectivity index (χ3n) is 3.27. The van der Waals surface area contributed by atoms with Crippen molar-refractivity contribution in [1.29, 1.82) is 0 Å². The van der Waals surface area contributed by atoms with Crippen LogP contribution in [0.25, 0.3) is 0 Å². The minimum Gasteiger partial charge on any atom is -0.483 e. The van der Waals surface area contributed by atoms with E-state index >= 15 is 0 Å². The average molecular weight is 463 g/mol. The third kappa shape index (κ3) is 5.26. The summed E-state index contributed by atoms with van der Waals surface area (Å²) in [5.74, 6) is 0.749. The van der Waals surface area contributed by atoms with E-state index in [1.807, 2.05) is 12.1 Å². The van der Waals surface area contributed by atoms with Crippen LogP contribution in [0.2, 0.25) is 0 Å². The number of benzene rings is 1. The monoisotopic (exact) mass is 461 g/mol. The van der Waals surface area contributed by atoms with Crippen LogP contribution in [0.5, 0.6) is 5.75 Å². The molecular weight excluding hydrogens is 446 g/mol. The Morgan fingerprint density at radius 2 is 2.04 bits per heavy atom. The summed E-state index contributed by atoms with van der Waals surface area (Å²) in [6, 6.07) is 5.50. The maximum Gasteiger partial charge on any atom is 0.264 e. The fraction of sp³-hybridized carbons (Fsp3) is 0.400. The molecule has 0 saturated heterocycles. The Balaban J connectivity index is 1.90. The number of carbonyl (C=O) groups is 1. The quantitative estimate of drug-likeness (QED) is 0.629. The lowest BCUT2D eigenvalue weighted by Gasteiger charge is -2.08. The zero-order valence-electron chi connectivity index (χ0n) is 12.8. The van der Waals surface area contributed by atoms with Gasteiger partial charge in [0.05, 0.1) is 4.47 Å². The highest BCUT2D eigenvalue weighted by molar-refractivity contribution is 9.11. The molecule has 0 aliphatic rings. The van der Waals surface area contributed by atoms with Gasteiger partial charge < -0.3 is 4.74 Å². The van der Waals surface area contributed by atoms with E-state index in [1.165, 1.54) is 11.3 Å². The van der Waals surface area contributed by atoms with Gasteiger partial charge in [0, 0.05) is 10.4 Å². The Bertz CT molecular complexity index is 674. The summed E-state index contributed by atoms with van der Waals surface area (Å²) < 4.78 is 7.22. The van der Waals surface area contributed by atoms with Gasteiger partial charge >= 0.3 is 0 Å². The van der Waals surface area contributed by atoms with Gasteiger partial charge in [0.2, 0.25) is 5.13 Å². The molecule has 0 bridgehead atoms. The minimum atomic E-state index is -0.257. The molecule has 0 aliphatic carbocycles. The second-order valence-corrected chi connectivity index (χ2v) is 7.65. The van der Waals surface area contributed by atoms with Gasteiger partial charge in [-0.3, -0.25) is 10.1 Å². The first-order valence-corrected chi connectivity index (χ1v) is 9.64. The van der Waals surface area contributed by atoms with Gasteiger partial charge in [-0.15, -0.1) is 10.2 Å². The van der Waals surface area contributed by atoms with Gasteiger partial charge in [-0.25, -0.2) is 0 Å². The molecule has 8 heteroatoms. The predicted octanol–water partition coefficient (Wildman–Crippen LogP) is 4.98. The lowest BCUT2D eigenvalue weighted by atomic mass is 10.1. The Kier molecular flexibility index (Phi) is 6.98. The van der Waals surface area contributed by atoms with E-state index in [0.29, 0.717) is 16.8 Å². The SMILES string of the molecule is CCC(CC)c1nnc(NC(=O)COc2ccc(Br)cc2Br)s1. The molecule has 1 aromatic carbocycles. The molecule has 2 aromatic rings. The highest BCUT2D eigenvalue weighted by Gasteiger charge is 2.15. The Morgan fingerprint density at radius 1 is 1.30 bits per heavy atom. The molecule has 5 nitrogen and oxygen atoms in total. The van der Waals surface area contributed by atoms with Crippen LogP contribution < -0.4 is 10.1 Å². The van der Waals surface area contributed by atoms with Crippen molar-refractivity contribution in [3.8, 4) is 5.75 Å². The molecule has 2 rings (SSSR count). The van der Waals surface area contributed by atoms with Crippen molar-refractivity contribution >= 4 is 54.2 Å². The van der Waals surface area contributed by atoms with Gasteiger partial charge in [-0.05, 0) is 47.0 Å². The molecule has 1 N–H and O–H groups in total. The lowest BCUT2D eigenvalue weighted by molar-refractivity contribution is -0.118. The number of hydrogen-bond donors (Lipinski definition) is 1. The molecule has 0 unspecified atom stereocenters. The summed E-state index contributed by atoms with van der Waals surface area (Å²) >= 11 is 8.18. The first-order valence-electron chi connectivity index (χ1n) is 7.24. The number of nitrogens with zero attached hydrogens (tertiary/aromatic N) is 2. The Labute approximate surface area is 156 Å². The molecule has 1 heterocycles. The highest BCUT2D eigenvalue weighted by Crippen LogP contribution is 2.29. The fourth-order valence-corrected chi connectivity index (χ4v) is 4.17. The number of nitrogens with one attached hydrogen (secondary N) is 1. The van der Waals surface area contributed by atoms with Gasteiger partial charge in [0.15, 0.2) is 6.61 Å². The lowest BCUT2D eigenvalue weighted by Crippen LogP contribution is -2.20. The molecule has 1 amide bonds. The van der Waals surface area contributed by atoms with Crippen molar-refractivity contribution < 1.29 is 9.53 Å². The van der Waals surface area contributed by atoms with Crippen molar-refractivity contribution in [3.63, 3.8) is 0 Å². The van der Waals surface area contributed by atoms with Crippen LogP contribution in [0.4, 0.5) is 5.13 Å². The highest BCUT2D eigenvalue weighted by atomic mass is 79.9. The molecule has 0 saturated carbocycles. The number of anilines is 1. The summed E-state index contributed by atoms with van der Waals surface area (Å²) in [7, 11) is 0. The summed E-state index contributed by atoms with van der Waals surface area (Å²) in [5, 5.41) is 12.4. The molecule has 0 radical (unpaired) electrons. The topological polar surface area (TPSA) is 64.1 Å². The van der Waals surface area contributed by atoms with E-state index in [4.69, 9.17) is 4.74 Å². The van der Waals surface area contributed by atoms with E-state index in [-0.39, 0.29) is 12.5 Å². The van der Waals surface area contributed by atoms with E-state index in [1.54, 1.807) is 6.07 Å². The largest absolute Gasteiger partial charge is 0.483 e. The van der Waals surface area contributed by atoms with Crippen LogP contribution in [0.15, 0.2) is 27.1 Å². The van der Waals surface area contributed by atoms with Crippen molar-refractivity contribution in [2.45, 2.75) is 32.6 Å². The molecule has 0 aliphatic heterocycles. The predicted molar refractivity (Wildman–Crippen MR) is 99.2 cm³/mol. The van der Waals surface area contributed by atoms with Crippen LogP contribution in [0.3, 0.4) is 0 Å². The normalized spacial score (nSPS) is 10.8. The Morgan fingerprint density at radius 3 is 2.70 bits per heavy atom. The maximum atomic E-state index is 12.0.